The van der Waals surface area contributed by atoms with Crippen molar-refractivity contribution in [3.05, 3.63) is 6.42 Å². The lowest BCUT2D eigenvalue weighted by Gasteiger charge is -2.16. The van der Waals surface area contributed by atoms with Gasteiger partial charge in [-0.15, -0.1) is 11.8 Å². The number of amides is 1. The molecule has 1 amide bonds. The quantitative estimate of drug-likeness (QED) is 0.579. The van der Waals surface area contributed by atoms with E-state index in [0.29, 0.717) is 0 Å². The highest BCUT2D eigenvalue weighted by molar-refractivity contribution is 8.00. The molecule has 2 N–H and O–H groups in total. The van der Waals surface area contributed by atoms with Gasteiger partial charge in [-0.3, -0.25) is 4.79 Å². The molecule has 1 fully saturated rings. The van der Waals surface area contributed by atoms with Crippen LogP contribution in [0.1, 0.15) is 12.8 Å². The summed E-state index contributed by atoms with van der Waals surface area (Å²) >= 11 is 1.63. The fraction of sp³-hybridized carbons (Fsp3) is 0.667. The van der Waals surface area contributed by atoms with Crippen LogP contribution in [0.4, 0.5) is 0 Å². The molecule has 1 heterocycles. The number of primary amides is 1. The topological polar surface area (TPSA) is 43.1 Å². The summed E-state index contributed by atoms with van der Waals surface area (Å²) in [5, 5.41) is -0.00116. The van der Waals surface area contributed by atoms with Crippen LogP contribution in [0, 0.1) is 6.42 Å². The van der Waals surface area contributed by atoms with E-state index in [-0.39, 0.29) is 11.2 Å². The predicted molar refractivity (Wildman–Crippen MR) is 37.9 cm³/mol. The van der Waals surface area contributed by atoms with Crippen LogP contribution < -0.4 is 5.73 Å². The number of nitrogens with two attached hydrogens (primary N) is 1. The lowest BCUT2D eigenvalue weighted by Crippen LogP contribution is -2.28. The molecular formula is C6H9NOS. The monoisotopic (exact) mass is 143 g/mol. The van der Waals surface area contributed by atoms with Gasteiger partial charge in [0.1, 0.15) is 0 Å². The molecule has 0 saturated carbocycles. The van der Waals surface area contributed by atoms with E-state index in [1.54, 1.807) is 11.8 Å². The molecule has 1 saturated heterocycles. The van der Waals surface area contributed by atoms with Gasteiger partial charge in [0, 0.05) is 0 Å². The summed E-state index contributed by atoms with van der Waals surface area (Å²) in [6.45, 7) is 0. The van der Waals surface area contributed by atoms with E-state index in [2.05, 4.69) is 6.42 Å². The van der Waals surface area contributed by atoms with E-state index < -0.39 is 0 Å². The maximum atomic E-state index is 10.5. The number of thioether (sulfide) groups is 1. The molecule has 0 aromatic heterocycles. The number of hydrogen-bond donors (Lipinski definition) is 1. The van der Waals surface area contributed by atoms with Crippen LogP contribution in [0.15, 0.2) is 0 Å². The van der Waals surface area contributed by atoms with Crippen molar-refractivity contribution in [1.29, 1.82) is 0 Å². The molecule has 9 heavy (non-hydrogen) atoms. The Morgan fingerprint density at radius 1 is 1.78 bits per heavy atom. The van der Waals surface area contributed by atoms with Gasteiger partial charge in [-0.1, -0.05) is 0 Å². The molecular weight excluding hydrogens is 134 g/mol. The molecule has 0 aromatic rings. The summed E-state index contributed by atoms with van der Waals surface area (Å²) in [7, 11) is 0. The van der Waals surface area contributed by atoms with Crippen molar-refractivity contribution in [2.75, 3.05) is 5.75 Å². The third-order valence-corrected chi connectivity index (χ3v) is 2.49. The van der Waals surface area contributed by atoms with Gasteiger partial charge >= 0.3 is 0 Å². The molecule has 0 aromatic carbocycles. The van der Waals surface area contributed by atoms with Crippen molar-refractivity contribution in [3.8, 4) is 0 Å². The first-order valence-corrected chi connectivity index (χ1v) is 3.97. The zero-order valence-electron chi connectivity index (χ0n) is 5.09. The van der Waals surface area contributed by atoms with Crippen LogP contribution in [0.2, 0.25) is 0 Å². The van der Waals surface area contributed by atoms with Crippen molar-refractivity contribution in [1.82, 2.24) is 0 Å². The molecule has 1 unspecified atom stereocenters. The zero-order valence-corrected chi connectivity index (χ0v) is 5.91. The molecule has 50 valence electrons. The molecule has 1 rings (SSSR count). The molecule has 0 aliphatic carbocycles. The number of rotatable bonds is 1. The van der Waals surface area contributed by atoms with Gasteiger partial charge in [0.25, 0.3) is 0 Å². The van der Waals surface area contributed by atoms with E-state index in [9.17, 15) is 4.79 Å². The van der Waals surface area contributed by atoms with Crippen LogP contribution >= 0.6 is 11.8 Å². The smallest absolute Gasteiger partial charge is 0.230 e. The summed E-state index contributed by atoms with van der Waals surface area (Å²) in [5.74, 6) is 0.792. The Kier molecular flexibility index (Phi) is 2.39. The number of carbonyl (C=O) groups is 1. The maximum absolute atomic E-state index is 10.5. The van der Waals surface area contributed by atoms with Gasteiger partial charge in [0.15, 0.2) is 0 Å². The van der Waals surface area contributed by atoms with Crippen LogP contribution in [0.3, 0.4) is 0 Å². The lowest BCUT2D eigenvalue weighted by molar-refractivity contribution is -0.117. The van der Waals surface area contributed by atoms with Crippen molar-refractivity contribution in [2.24, 2.45) is 5.73 Å². The van der Waals surface area contributed by atoms with Gasteiger partial charge < -0.3 is 5.73 Å². The molecule has 2 nitrogen and oxygen atoms in total. The Balaban J connectivity index is 2.31. The molecule has 0 bridgehead atoms. The van der Waals surface area contributed by atoms with Crippen molar-refractivity contribution >= 4 is 17.7 Å². The van der Waals surface area contributed by atoms with E-state index in [0.717, 1.165) is 18.6 Å². The van der Waals surface area contributed by atoms with Crippen LogP contribution in [-0.2, 0) is 4.79 Å². The van der Waals surface area contributed by atoms with Crippen molar-refractivity contribution in [3.63, 3.8) is 0 Å². The summed E-state index contributed by atoms with van der Waals surface area (Å²) < 4.78 is 0. The van der Waals surface area contributed by atoms with Crippen LogP contribution in [0.25, 0.3) is 0 Å². The fourth-order valence-corrected chi connectivity index (χ4v) is 1.69. The molecule has 1 aliphatic heterocycles. The second-order valence-electron chi connectivity index (χ2n) is 1.97. The Labute approximate surface area is 59.2 Å². The minimum absolute atomic E-state index is 0.00116. The normalized spacial score (nSPS) is 27.8. The fourth-order valence-electron chi connectivity index (χ4n) is 0.748. The molecule has 1 aliphatic rings. The first kappa shape index (κ1) is 6.93. The number of carbonyl (C=O) groups excluding carboxylic acids is 1. The Bertz CT molecular complexity index is 110. The molecule has 0 spiro atoms. The van der Waals surface area contributed by atoms with Crippen molar-refractivity contribution in [2.45, 2.75) is 18.1 Å². The summed E-state index contributed by atoms with van der Waals surface area (Å²) in [4.78, 5) is 10.5. The van der Waals surface area contributed by atoms with Gasteiger partial charge in [-0.2, -0.15) is 0 Å². The minimum Gasteiger partial charge on any atom is -0.369 e. The Hall–Kier alpha value is -0.180. The molecule has 2 radical (unpaired) electrons. The van der Waals surface area contributed by atoms with E-state index in [1.807, 2.05) is 0 Å². The van der Waals surface area contributed by atoms with E-state index in [1.165, 1.54) is 0 Å². The Morgan fingerprint density at radius 2 is 2.56 bits per heavy atom. The first-order valence-electron chi connectivity index (χ1n) is 2.92. The third kappa shape index (κ3) is 1.90. The summed E-state index contributed by atoms with van der Waals surface area (Å²) in [6.07, 6.45) is 4.83. The average Bonchev–Trinajstić information content (AvgIpc) is 1.90. The van der Waals surface area contributed by atoms with Crippen molar-refractivity contribution < 1.29 is 4.79 Å². The van der Waals surface area contributed by atoms with E-state index in [4.69, 9.17) is 5.73 Å². The maximum Gasteiger partial charge on any atom is 0.230 e. The third-order valence-electron chi connectivity index (χ3n) is 1.24. The highest BCUT2D eigenvalue weighted by Gasteiger charge is 2.18. The zero-order chi connectivity index (χ0) is 6.69. The van der Waals surface area contributed by atoms with Crippen LogP contribution in [0.5, 0.6) is 0 Å². The average molecular weight is 143 g/mol. The van der Waals surface area contributed by atoms with Gasteiger partial charge in [0.2, 0.25) is 5.91 Å². The second kappa shape index (κ2) is 3.11. The van der Waals surface area contributed by atoms with Gasteiger partial charge in [-0.25, -0.2) is 0 Å². The van der Waals surface area contributed by atoms with Crippen LogP contribution in [-0.4, -0.2) is 16.9 Å². The van der Waals surface area contributed by atoms with Gasteiger partial charge in [-0.05, 0) is 25.0 Å². The largest absolute Gasteiger partial charge is 0.369 e. The standard InChI is InChI=1S/C6H9NOS/c7-6(8)5-3-1-2-4-9-5/h5H,2-4H2,(H2,7,8). The van der Waals surface area contributed by atoms with E-state index >= 15 is 0 Å². The predicted octanol–water partition coefficient (Wildman–Crippen LogP) is 0.449. The molecule has 1 atom stereocenters. The first-order chi connectivity index (χ1) is 4.30. The highest BCUT2D eigenvalue weighted by Crippen LogP contribution is 2.23. The molecule has 3 heteroatoms. The minimum atomic E-state index is -0.202. The SMILES string of the molecule is NC(=O)C1C[C]CCS1. The highest BCUT2D eigenvalue weighted by atomic mass is 32.2. The van der Waals surface area contributed by atoms with Gasteiger partial charge in [0.05, 0.1) is 5.25 Å². The number of hydrogen-bond acceptors (Lipinski definition) is 2. The summed E-state index contributed by atoms with van der Waals surface area (Å²) in [5.41, 5.74) is 5.07. The second-order valence-corrected chi connectivity index (χ2v) is 3.28. The lowest BCUT2D eigenvalue weighted by atomic mass is 10.2. The Morgan fingerprint density at radius 3 is 2.89 bits per heavy atom. The summed E-state index contributed by atoms with van der Waals surface area (Å²) in [6, 6.07) is 0.